The Morgan fingerprint density at radius 2 is 1.75 bits per heavy atom. The van der Waals surface area contributed by atoms with Crippen molar-refractivity contribution in [3.8, 4) is 0 Å². The lowest BCUT2D eigenvalue weighted by molar-refractivity contribution is 0.587. The van der Waals surface area contributed by atoms with Gasteiger partial charge in [-0.1, -0.05) is 35.7 Å². The van der Waals surface area contributed by atoms with Gasteiger partial charge in [0, 0.05) is 5.69 Å². The number of hydrogen-bond donors (Lipinski definition) is 2. The maximum absolute atomic E-state index is 14.0. The minimum absolute atomic E-state index is 0.170. The summed E-state index contributed by atoms with van der Waals surface area (Å²) < 4.78 is 26.8. The van der Waals surface area contributed by atoms with Crippen LogP contribution in [0.5, 0.6) is 0 Å². The van der Waals surface area contributed by atoms with Crippen LogP contribution in [0.2, 0.25) is 10.0 Å². The van der Waals surface area contributed by atoms with Gasteiger partial charge in [-0.3, -0.25) is 0 Å². The molecule has 1 heterocycles. The predicted octanol–water partition coefficient (Wildman–Crippen LogP) is 6.93. The van der Waals surface area contributed by atoms with E-state index in [2.05, 4.69) is 32.7 Å². The zero-order valence-electron chi connectivity index (χ0n) is 17.9. The van der Waals surface area contributed by atoms with E-state index in [4.69, 9.17) is 23.2 Å². The number of hydrogen-bond acceptors (Lipinski definition) is 5. The molecule has 0 saturated carbocycles. The quantitative estimate of drug-likeness (QED) is 0.298. The first-order valence-electron chi connectivity index (χ1n) is 10.4. The summed E-state index contributed by atoms with van der Waals surface area (Å²) in [5, 5.41) is 6.60. The number of nitrogens with one attached hydrogen (secondary N) is 2. The molecule has 168 valence electrons. The molecule has 4 rings (SSSR count). The minimum atomic E-state index is -2.89. The van der Waals surface area contributed by atoms with Crippen molar-refractivity contribution < 1.29 is 8.96 Å². The summed E-state index contributed by atoms with van der Waals surface area (Å²) in [6.45, 7) is 3.07. The van der Waals surface area contributed by atoms with Gasteiger partial charge in [-0.2, -0.15) is 4.98 Å². The van der Waals surface area contributed by atoms with Crippen LogP contribution < -0.4 is 15.9 Å². The van der Waals surface area contributed by atoms with E-state index < -0.39 is 13.0 Å². The normalized spacial score (nSPS) is 13.9. The SMILES string of the molecule is CP(C)(=O)c1c(Nc2nc(Nc3ccc4c(c3)CCCCC4)ncc2Cl)ccc(F)c1Cl. The predicted molar refractivity (Wildman–Crippen MR) is 132 cm³/mol. The highest BCUT2D eigenvalue weighted by molar-refractivity contribution is 7.70. The third-order valence-electron chi connectivity index (χ3n) is 5.46. The first kappa shape index (κ1) is 23.0. The monoisotopic (exact) mass is 492 g/mol. The van der Waals surface area contributed by atoms with E-state index in [9.17, 15) is 8.96 Å². The van der Waals surface area contributed by atoms with Gasteiger partial charge in [-0.25, -0.2) is 9.37 Å². The van der Waals surface area contributed by atoms with Crippen molar-refractivity contribution in [2.45, 2.75) is 32.1 Å². The molecule has 1 aliphatic rings. The average Bonchev–Trinajstić information content (AvgIpc) is 2.97. The lowest BCUT2D eigenvalue weighted by Gasteiger charge is -2.18. The molecule has 1 aromatic heterocycles. The van der Waals surface area contributed by atoms with Crippen molar-refractivity contribution in [3.05, 3.63) is 63.5 Å². The molecule has 0 unspecified atom stereocenters. The van der Waals surface area contributed by atoms with Crippen LogP contribution in [0, 0.1) is 5.82 Å². The second kappa shape index (κ2) is 9.38. The van der Waals surface area contributed by atoms with Gasteiger partial charge < -0.3 is 15.2 Å². The molecule has 0 bridgehead atoms. The van der Waals surface area contributed by atoms with Gasteiger partial charge >= 0.3 is 0 Å². The highest BCUT2D eigenvalue weighted by Crippen LogP contribution is 2.42. The number of halogens is 3. The van der Waals surface area contributed by atoms with Gasteiger partial charge in [0.2, 0.25) is 5.95 Å². The van der Waals surface area contributed by atoms with E-state index in [0.717, 1.165) is 18.5 Å². The lowest BCUT2D eigenvalue weighted by Crippen LogP contribution is -2.14. The maximum Gasteiger partial charge on any atom is 0.229 e. The van der Waals surface area contributed by atoms with Gasteiger partial charge in [0.1, 0.15) is 18.0 Å². The van der Waals surface area contributed by atoms with Crippen LogP contribution in [0.25, 0.3) is 0 Å². The van der Waals surface area contributed by atoms with Crippen molar-refractivity contribution in [1.29, 1.82) is 0 Å². The third-order valence-corrected chi connectivity index (χ3v) is 7.78. The molecule has 2 aromatic carbocycles. The van der Waals surface area contributed by atoms with E-state index in [-0.39, 0.29) is 15.3 Å². The van der Waals surface area contributed by atoms with Crippen LogP contribution in [0.15, 0.2) is 36.5 Å². The van der Waals surface area contributed by atoms with Crippen LogP contribution >= 0.6 is 30.3 Å². The molecule has 1 aliphatic carbocycles. The van der Waals surface area contributed by atoms with Crippen LogP contribution in [0.1, 0.15) is 30.4 Å². The molecule has 3 aromatic rings. The number of nitrogens with zero attached hydrogens (tertiary/aromatic N) is 2. The van der Waals surface area contributed by atoms with Gasteiger partial charge in [-0.05, 0) is 74.4 Å². The second-order valence-corrected chi connectivity index (χ2v) is 12.2. The fraction of sp³-hybridized carbons (Fsp3) is 0.304. The Hall–Kier alpha value is -2.14. The Kier molecular flexibility index (Phi) is 6.75. The standard InChI is InChI=1S/C23H24Cl2FN4OP/c1-32(2,31)21-19(11-10-18(26)20(21)25)29-22-17(24)13-27-23(30-22)28-16-9-8-14-6-4-3-5-7-15(14)12-16/h8-13H,3-7H2,1-2H3,(H2,27,28,29,30). The van der Waals surface area contributed by atoms with Crippen molar-refractivity contribution in [2.24, 2.45) is 0 Å². The fourth-order valence-electron chi connectivity index (χ4n) is 3.93. The minimum Gasteiger partial charge on any atom is -0.338 e. The van der Waals surface area contributed by atoms with E-state index in [0.29, 0.717) is 17.5 Å². The number of anilines is 4. The Balaban J connectivity index is 1.63. The summed E-state index contributed by atoms with van der Waals surface area (Å²) in [6, 6.07) is 9.03. The van der Waals surface area contributed by atoms with Crippen LogP contribution in [0.3, 0.4) is 0 Å². The molecular formula is C23H24Cl2FN4OP. The van der Waals surface area contributed by atoms with Crippen molar-refractivity contribution in [1.82, 2.24) is 9.97 Å². The van der Waals surface area contributed by atoms with Crippen molar-refractivity contribution >= 4 is 58.8 Å². The first-order valence-corrected chi connectivity index (χ1v) is 13.8. The van der Waals surface area contributed by atoms with Crippen LogP contribution in [-0.4, -0.2) is 23.3 Å². The summed E-state index contributed by atoms with van der Waals surface area (Å²) in [5.74, 6) is 0.0307. The van der Waals surface area contributed by atoms with Gasteiger partial charge in [0.15, 0.2) is 5.82 Å². The lowest BCUT2D eigenvalue weighted by atomic mass is 10.0. The Bertz CT molecular complexity index is 1210. The van der Waals surface area contributed by atoms with Gasteiger partial charge in [0.05, 0.1) is 22.2 Å². The van der Waals surface area contributed by atoms with E-state index in [1.807, 2.05) is 6.07 Å². The molecule has 0 atom stereocenters. The zero-order chi connectivity index (χ0) is 22.9. The molecule has 0 fully saturated rings. The maximum atomic E-state index is 14.0. The molecule has 0 radical (unpaired) electrons. The Labute approximate surface area is 197 Å². The first-order chi connectivity index (χ1) is 15.2. The number of benzene rings is 2. The highest BCUT2D eigenvalue weighted by atomic mass is 35.5. The average molecular weight is 493 g/mol. The number of aromatic nitrogens is 2. The second-order valence-electron chi connectivity index (χ2n) is 8.29. The van der Waals surface area contributed by atoms with Crippen LogP contribution in [-0.2, 0) is 17.4 Å². The fourth-order valence-corrected chi connectivity index (χ4v) is 6.13. The molecule has 32 heavy (non-hydrogen) atoms. The smallest absolute Gasteiger partial charge is 0.229 e. The summed E-state index contributed by atoms with van der Waals surface area (Å²) in [6.07, 6.45) is 7.34. The van der Waals surface area contributed by atoms with Crippen molar-refractivity contribution in [2.75, 3.05) is 24.0 Å². The largest absolute Gasteiger partial charge is 0.338 e. The van der Waals surface area contributed by atoms with E-state index in [1.54, 1.807) is 0 Å². The topological polar surface area (TPSA) is 66.9 Å². The molecule has 0 saturated heterocycles. The molecule has 0 amide bonds. The van der Waals surface area contributed by atoms with Gasteiger partial charge in [-0.15, -0.1) is 0 Å². The molecule has 9 heteroatoms. The third kappa shape index (κ3) is 5.09. The Morgan fingerprint density at radius 3 is 2.50 bits per heavy atom. The van der Waals surface area contributed by atoms with Gasteiger partial charge in [0.25, 0.3) is 0 Å². The van der Waals surface area contributed by atoms with E-state index >= 15 is 0 Å². The summed E-state index contributed by atoms with van der Waals surface area (Å²) in [7, 11) is -2.89. The molecule has 0 aliphatic heterocycles. The molecule has 5 nitrogen and oxygen atoms in total. The summed E-state index contributed by atoms with van der Waals surface area (Å²) in [4.78, 5) is 8.75. The number of aryl methyl sites for hydroxylation is 2. The zero-order valence-corrected chi connectivity index (χ0v) is 20.3. The molecule has 0 spiro atoms. The van der Waals surface area contributed by atoms with Crippen molar-refractivity contribution in [3.63, 3.8) is 0 Å². The molecule has 2 N–H and O–H groups in total. The highest BCUT2D eigenvalue weighted by Gasteiger charge is 2.23. The Morgan fingerprint density at radius 1 is 1.00 bits per heavy atom. The molecular weight excluding hydrogens is 469 g/mol. The number of rotatable bonds is 5. The van der Waals surface area contributed by atoms with E-state index in [1.165, 1.54) is 62.0 Å². The van der Waals surface area contributed by atoms with Crippen LogP contribution in [0.4, 0.5) is 27.5 Å². The number of fused-ring (bicyclic) bond motifs is 1. The summed E-state index contributed by atoms with van der Waals surface area (Å²) >= 11 is 12.4. The summed E-state index contributed by atoms with van der Waals surface area (Å²) in [5.41, 5.74) is 4.04.